The molecular weight excluding hydrogens is 421 g/mol. The number of hydrazone groups is 1. The Bertz CT molecular complexity index is 962. The summed E-state index contributed by atoms with van der Waals surface area (Å²) < 4.78 is 95.0. The molecule has 1 amide bonds. The van der Waals surface area contributed by atoms with Crippen molar-refractivity contribution in [1.82, 2.24) is 5.01 Å². The van der Waals surface area contributed by atoms with Crippen LogP contribution in [0.3, 0.4) is 0 Å². The van der Waals surface area contributed by atoms with Crippen molar-refractivity contribution in [2.24, 2.45) is 5.10 Å². The molecule has 1 aliphatic rings. The number of aliphatic hydroxyl groups is 1. The van der Waals surface area contributed by atoms with Gasteiger partial charge in [0.1, 0.15) is 0 Å². The maximum absolute atomic E-state index is 14.6. The molecule has 2 aromatic carbocycles. The minimum Gasteiger partial charge on any atom is -0.364 e. The van der Waals surface area contributed by atoms with Gasteiger partial charge in [0, 0.05) is 12.0 Å². The molecule has 1 aliphatic heterocycles. The van der Waals surface area contributed by atoms with Gasteiger partial charge in [-0.15, -0.1) is 0 Å². The Labute approximate surface area is 165 Å². The zero-order valence-corrected chi connectivity index (χ0v) is 14.9. The number of nitrogens with zero attached hydrogens (tertiary/aromatic N) is 2. The molecule has 4 nitrogen and oxygen atoms in total. The first-order valence-corrected chi connectivity index (χ1v) is 8.40. The van der Waals surface area contributed by atoms with Crippen LogP contribution < -0.4 is 0 Å². The highest BCUT2D eigenvalue weighted by molar-refractivity contribution is 6.05. The Hall–Kier alpha value is -2.95. The molecule has 1 heterocycles. The summed E-state index contributed by atoms with van der Waals surface area (Å²) in [6.45, 7) is 0. The minimum absolute atomic E-state index is 0.0606. The molecule has 11 heteroatoms. The molecule has 0 saturated carbocycles. The number of halogens is 7. The largest absolute Gasteiger partial charge is 0.460 e. The summed E-state index contributed by atoms with van der Waals surface area (Å²) in [6.07, 6.45) is -8.14. The Morgan fingerprint density at radius 3 is 1.90 bits per heavy atom. The molecule has 0 aliphatic carbocycles. The second-order valence-electron chi connectivity index (χ2n) is 6.54. The van der Waals surface area contributed by atoms with Crippen molar-refractivity contribution in [3.05, 3.63) is 71.8 Å². The van der Waals surface area contributed by atoms with Gasteiger partial charge in [-0.3, -0.25) is 4.79 Å². The van der Waals surface area contributed by atoms with Crippen molar-refractivity contribution in [3.8, 4) is 0 Å². The van der Waals surface area contributed by atoms with E-state index in [9.17, 15) is 40.6 Å². The number of carbonyl (C=O) groups excluding carboxylic acids is 1. The fraction of sp³-hybridized carbons (Fsp3) is 0.263. The van der Waals surface area contributed by atoms with Crippen LogP contribution in [-0.2, 0) is 0 Å². The maximum atomic E-state index is 14.6. The van der Waals surface area contributed by atoms with Gasteiger partial charge in [-0.1, -0.05) is 48.5 Å². The predicted octanol–water partition coefficient (Wildman–Crippen LogP) is 4.46. The molecular formula is C19H13F7N2O2. The molecule has 0 saturated heterocycles. The fourth-order valence-electron chi connectivity index (χ4n) is 2.93. The molecule has 0 aromatic heterocycles. The van der Waals surface area contributed by atoms with Crippen LogP contribution in [0.15, 0.2) is 65.8 Å². The Morgan fingerprint density at radius 2 is 1.40 bits per heavy atom. The molecule has 0 radical (unpaired) electrons. The van der Waals surface area contributed by atoms with Crippen molar-refractivity contribution in [2.45, 2.75) is 30.2 Å². The zero-order valence-electron chi connectivity index (χ0n) is 14.9. The summed E-state index contributed by atoms with van der Waals surface area (Å²) in [6, 6.07) is 13.3. The highest BCUT2D eigenvalue weighted by Gasteiger charge is 2.82. The fourth-order valence-corrected chi connectivity index (χ4v) is 2.93. The van der Waals surface area contributed by atoms with Gasteiger partial charge in [-0.05, 0) is 17.7 Å². The standard InChI is InChI=1S/C19H13F7N2O2/c20-17(21,18(22,23)19(24,25)26)16(30)11-14(12-7-3-1-4-8-12)27-28(16)15(29)13-9-5-2-6-10-13/h1-10,30H,11H2/t16-/m1/s1. The van der Waals surface area contributed by atoms with Crippen molar-refractivity contribution in [3.63, 3.8) is 0 Å². The van der Waals surface area contributed by atoms with E-state index in [0.29, 0.717) is 0 Å². The number of rotatable bonds is 4. The third-order valence-corrected chi connectivity index (χ3v) is 4.56. The van der Waals surface area contributed by atoms with E-state index < -0.39 is 46.8 Å². The van der Waals surface area contributed by atoms with Crippen molar-refractivity contribution < 1.29 is 40.6 Å². The first-order valence-electron chi connectivity index (χ1n) is 8.40. The van der Waals surface area contributed by atoms with Gasteiger partial charge < -0.3 is 5.11 Å². The van der Waals surface area contributed by atoms with Gasteiger partial charge in [0.05, 0.1) is 5.71 Å². The zero-order chi connectivity index (χ0) is 22.4. The van der Waals surface area contributed by atoms with Crippen LogP contribution in [0.4, 0.5) is 30.7 Å². The topological polar surface area (TPSA) is 52.9 Å². The number of amides is 1. The van der Waals surface area contributed by atoms with Crippen LogP contribution in [0.25, 0.3) is 0 Å². The third kappa shape index (κ3) is 3.22. The van der Waals surface area contributed by atoms with Gasteiger partial charge in [0.2, 0.25) is 5.72 Å². The van der Waals surface area contributed by atoms with E-state index >= 15 is 0 Å². The second-order valence-corrected chi connectivity index (χ2v) is 6.54. The van der Waals surface area contributed by atoms with Crippen LogP contribution >= 0.6 is 0 Å². The molecule has 1 N–H and O–H groups in total. The minimum atomic E-state index is -6.69. The van der Waals surface area contributed by atoms with Crippen LogP contribution in [0, 0.1) is 0 Å². The number of hydrogen-bond donors (Lipinski definition) is 1. The van der Waals surface area contributed by atoms with Gasteiger partial charge in [-0.2, -0.15) is 40.8 Å². The first-order chi connectivity index (χ1) is 13.8. The Balaban J connectivity index is 2.15. The molecule has 0 unspecified atom stereocenters. The number of alkyl halides is 7. The quantitative estimate of drug-likeness (QED) is 0.723. The highest BCUT2D eigenvalue weighted by Crippen LogP contribution is 2.54. The lowest BCUT2D eigenvalue weighted by Crippen LogP contribution is -2.69. The number of carbonyl (C=O) groups is 1. The first kappa shape index (κ1) is 21.8. The van der Waals surface area contributed by atoms with E-state index in [1.807, 2.05) is 0 Å². The van der Waals surface area contributed by atoms with Crippen molar-refractivity contribution >= 4 is 11.6 Å². The predicted molar refractivity (Wildman–Crippen MR) is 91.1 cm³/mol. The molecule has 0 spiro atoms. The smallest absolute Gasteiger partial charge is 0.364 e. The lowest BCUT2D eigenvalue weighted by molar-refractivity contribution is -0.400. The summed E-state index contributed by atoms with van der Waals surface area (Å²) in [5.41, 5.74) is -5.02. The normalized spacial score (nSPS) is 20.3. The second kappa shape index (κ2) is 7.08. The van der Waals surface area contributed by atoms with E-state index in [-0.39, 0.29) is 11.1 Å². The van der Waals surface area contributed by atoms with Gasteiger partial charge in [-0.25, -0.2) is 0 Å². The van der Waals surface area contributed by atoms with E-state index in [4.69, 9.17) is 0 Å². The monoisotopic (exact) mass is 434 g/mol. The molecule has 2 aromatic rings. The van der Waals surface area contributed by atoms with Gasteiger partial charge in [0.15, 0.2) is 0 Å². The summed E-state index contributed by atoms with van der Waals surface area (Å²) >= 11 is 0. The van der Waals surface area contributed by atoms with Crippen molar-refractivity contribution in [1.29, 1.82) is 0 Å². The number of benzene rings is 2. The van der Waals surface area contributed by atoms with Gasteiger partial charge in [0.25, 0.3) is 5.91 Å². The maximum Gasteiger partial charge on any atom is 0.460 e. The molecule has 30 heavy (non-hydrogen) atoms. The average molecular weight is 434 g/mol. The van der Waals surface area contributed by atoms with Crippen LogP contribution in [0.5, 0.6) is 0 Å². The lowest BCUT2D eigenvalue weighted by atomic mass is 9.91. The van der Waals surface area contributed by atoms with E-state index in [1.54, 1.807) is 0 Å². The SMILES string of the molecule is O=C(c1ccccc1)N1N=C(c2ccccc2)C[C@@]1(O)C(F)(F)C(F)(F)C(F)(F)F. The van der Waals surface area contributed by atoms with Crippen LogP contribution in [0.2, 0.25) is 0 Å². The van der Waals surface area contributed by atoms with Crippen molar-refractivity contribution in [2.75, 3.05) is 0 Å². The molecule has 0 fully saturated rings. The van der Waals surface area contributed by atoms with Crippen LogP contribution in [0.1, 0.15) is 22.3 Å². The average Bonchev–Trinajstić information content (AvgIpc) is 3.07. The summed E-state index contributed by atoms with van der Waals surface area (Å²) in [4.78, 5) is 12.7. The van der Waals surface area contributed by atoms with E-state index in [1.165, 1.54) is 48.5 Å². The third-order valence-electron chi connectivity index (χ3n) is 4.56. The molecule has 1 atom stereocenters. The molecule has 160 valence electrons. The molecule has 0 bridgehead atoms. The van der Waals surface area contributed by atoms with E-state index in [2.05, 4.69) is 5.10 Å². The summed E-state index contributed by atoms with van der Waals surface area (Å²) in [5.74, 6) is -14.2. The number of hydrogen-bond acceptors (Lipinski definition) is 3. The Kier molecular flexibility index (Phi) is 5.13. The Morgan fingerprint density at radius 1 is 0.900 bits per heavy atom. The van der Waals surface area contributed by atoms with E-state index in [0.717, 1.165) is 12.1 Å². The van der Waals surface area contributed by atoms with Crippen LogP contribution in [-0.4, -0.2) is 45.5 Å². The highest BCUT2D eigenvalue weighted by atomic mass is 19.4. The summed E-state index contributed by atoms with van der Waals surface area (Å²) in [5, 5.41) is 13.6. The lowest BCUT2D eigenvalue weighted by Gasteiger charge is -2.41. The van der Waals surface area contributed by atoms with Gasteiger partial charge >= 0.3 is 18.0 Å². The molecule has 3 rings (SSSR count). The summed E-state index contributed by atoms with van der Waals surface area (Å²) in [7, 11) is 0.